The molecule has 2 aromatic carbocycles. The molecule has 0 radical (unpaired) electrons. The number of ether oxygens (including phenoxy) is 1. The fraction of sp³-hybridized carbons (Fsp3) is 0.385. The molecule has 0 saturated carbocycles. The molecule has 1 aromatic heterocycles. The number of carbonyl (C=O) groups is 1. The number of hydrogen-bond donors (Lipinski definition) is 2. The average molecular weight is 526 g/mol. The molecule has 2 N–H and O–H groups in total. The minimum Gasteiger partial charge on any atom is -0.378 e. The van der Waals surface area contributed by atoms with Gasteiger partial charge in [-0.15, -0.1) is 0 Å². The van der Waals surface area contributed by atoms with E-state index in [1.54, 1.807) is 30.3 Å². The molecule has 2 saturated heterocycles. The van der Waals surface area contributed by atoms with Gasteiger partial charge < -0.3 is 24.8 Å². The van der Waals surface area contributed by atoms with E-state index < -0.39 is 15.9 Å². The highest BCUT2D eigenvalue weighted by molar-refractivity contribution is 7.89. The highest BCUT2D eigenvalue weighted by Crippen LogP contribution is 2.30. The summed E-state index contributed by atoms with van der Waals surface area (Å²) in [5.41, 5.74) is 2.78. The topological polar surface area (TPSA) is 115 Å². The van der Waals surface area contributed by atoms with Crippen LogP contribution in [0.1, 0.15) is 15.9 Å². The molecule has 2 fully saturated rings. The van der Waals surface area contributed by atoms with E-state index in [1.807, 2.05) is 30.8 Å². The molecule has 0 spiro atoms. The van der Waals surface area contributed by atoms with E-state index in [9.17, 15) is 18.0 Å². The normalized spacial score (nSPS) is 17.2. The van der Waals surface area contributed by atoms with Gasteiger partial charge in [-0.1, -0.05) is 0 Å². The number of nitrogens with zero attached hydrogens (tertiary/aromatic N) is 3. The van der Waals surface area contributed by atoms with Crippen molar-refractivity contribution >= 4 is 38.2 Å². The molecule has 2 aliphatic rings. The fourth-order valence-corrected chi connectivity index (χ4v) is 6.27. The lowest BCUT2D eigenvalue weighted by molar-refractivity contribution is 0.102. The summed E-state index contributed by atoms with van der Waals surface area (Å²) in [4.78, 5) is 32.3. The Morgan fingerprint density at radius 2 is 1.81 bits per heavy atom. The summed E-state index contributed by atoms with van der Waals surface area (Å²) >= 11 is 0. The lowest BCUT2D eigenvalue weighted by Gasteiger charge is -2.41. The standard InChI is InChI=1S/C26H31N5O5S/c1-17-12-25(32)28-23-6-4-18(13-21(17)23)27-26(33)22-14-20(5-7-24(22)30-8-10-36-11-9-30)37(34,35)31-15-19(16-31)29(2)3/h4-7,12-14,19H,8-11,15-16H2,1-3H3,(H,27,33)(H,28,32). The van der Waals surface area contributed by atoms with Crippen LogP contribution in [-0.4, -0.2) is 88.0 Å². The van der Waals surface area contributed by atoms with Gasteiger partial charge >= 0.3 is 0 Å². The Bertz CT molecular complexity index is 1510. The number of carbonyl (C=O) groups excluding carboxylic acids is 1. The number of H-pyrrole nitrogens is 1. The number of sulfonamides is 1. The Morgan fingerprint density at radius 3 is 2.51 bits per heavy atom. The van der Waals surface area contributed by atoms with Gasteiger partial charge in [0.2, 0.25) is 15.6 Å². The van der Waals surface area contributed by atoms with Crippen LogP contribution in [0.2, 0.25) is 0 Å². The summed E-state index contributed by atoms with van der Waals surface area (Å²) in [6.45, 7) is 4.94. The van der Waals surface area contributed by atoms with Crippen molar-refractivity contribution in [1.82, 2.24) is 14.2 Å². The van der Waals surface area contributed by atoms with E-state index in [0.717, 1.165) is 10.9 Å². The molecule has 196 valence electrons. The van der Waals surface area contributed by atoms with Gasteiger partial charge in [0.15, 0.2) is 0 Å². The van der Waals surface area contributed by atoms with Gasteiger partial charge in [-0.3, -0.25) is 9.59 Å². The minimum absolute atomic E-state index is 0.0961. The first-order chi connectivity index (χ1) is 17.6. The van der Waals surface area contributed by atoms with Gasteiger partial charge in [-0.25, -0.2) is 8.42 Å². The minimum atomic E-state index is -3.73. The van der Waals surface area contributed by atoms with Gasteiger partial charge in [0.1, 0.15) is 0 Å². The van der Waals surface area contributed by atoms with Crippen LogP contribution < -0.4 is 15.8 Å². The number of pyridine rings is 1. The molecule has 10 nitrogen and oxygen atoms in total. The predicted octanol–water partition coefficient (Wildman–Crippen LogP) is 1.86. The number of benzene rings is 2. The molecule has 37 heavy (non-hydrogen) atoms. The first kappa shape index (κ1) is 25.4. The van der Waals surface area contributed by atoms with E-state index in [0.29, 0.717) is 56.3 Å². The molecule has 0 unspecified atom stereocenters. The number of aromatic amines is 1. The molecule has 2 aliphatic heterocycles. The second-order valence-electron chi connectivity index (χ2n) is 9.75. The van der Waals surface area contributed by atoms with Crippen LogP contribution in [0.25, 0.3) is 10.9 Å². The van der Waals surface area contributed by atoms with Gasteiger partial charge in [0.05, 0.1) is 23.7 Å². The third-order valence-corrected chi connectivity index (χ3v) is 8.90. The van der Waals surface area contributed by atoms with Crippen molar-refractivity contribution in [3.05, 3.63) is 63.9 Å². The van der Waals surface area contributed by atoms with Crippen molar-refractivity contribution < 1.29 is 17.9 Å². The Kier molecular flexibility index (Phi) is 6.80. The highest BCUT2D eigenvalue weighted by atomic mass is 32.2. The summed E-state index contributed by atoms with van der Waals surface area (Å²) in [5, 5.41) is 3.74. The van der Waals surface area contributed by atoms with Crippen LogP contribution in [0.4, 0.5) is 11.4 Å². The predicted molar refractivity (Wildman–Crippen MR) is 143 cm³/mol. The second-order valence-corrected chi connectivity index (χ2v) is 11.7. The smallest absolute Gasteiger partial charge is 0.257 e. The van der Waals surface area contributed by atoms with Crippen molar-refractivity contribution in [3.63, 3.8) is 0 Å². The number of morpholine rings is 1. The molecule has 3 heterocycles. The monoisotopic (exact) mass is 525 g/mol. The Balaban J connectivity index is 1.48. The SMILES string of the molecule is Cc1cc(=O)[nH]c2ccc(NC(=O)c3cc(S(=O)(=O)N4CC(N(C)C)C4)ccc3N3CCOCC3)cc12. The lowest BCUT2D eigenvalue weighted by atomic mass is 10.1. The zero-order valence-corrected chi connectivity index (χ0v) is 22.0. The third-order valence-electron chi connectivity index (χ3n) is 7.07. The molecule has 11 heteroatoms. The third kappa shape index (κ3) is 4.99. The highest BCUT2D eigenvalue weighted by Gasteiger charge is 2.38. The summed E-state index contributed by atoms with van der Waals surface area (Å²) in [5.74, 6) is -0.408. The van der Waals surface area contributed by atoms with Gasteiger partial charge in [-0.05, 0) is 63.0 Å². The van der Waals surface area contributed by atoms with Crippen molar-refractivity contribution in [2.24, 2.45) is 0 Å². The van der Waals surface area contributed by atoms with E-state index in [-0.39, 0.29) is 22.1 Å². The molecular formula is C26H31N5O5S. The number of amides is 1. The van der Waals surface area contributed by atoms with E-state index in [1.165, 1.54) is 16.4 Å². The number of likely N-dealkylation sites (N-methyl/N-ethyl adjacent to an activating group) is 1. The summed E-state index contributed by atoms with van der Waals surface area (Å²) in [6, 6.07) is 11.7. The Labute approximate surface area is 215 Å². The number of aryl methyl sites for hydroxylation is 1. The van der Waals surface area contributed by atoms with Crippen molar-refractivity contribution in [2.45, 2.75) is 17.9 Å². The number of hydrogen-bond acceptors (Lipinski definition) is 7. The second kappa shape index (κ2) is 9.90. The molecule has 0 atom stereocenters. The zero-order valence-electron chi connectivity index (χ0n) is 21.2. The van der Waals surface area contributed by atoms with Crippen LogP contribution in [-0.2, 0) is 14.8 Å². The number of aromatic nitrogens is 1. The number of anilines is 2. The van der Waals surface area contributed by atoms with Crippen LogP contribution in [0, 0.1) is 6.92 Å². The summed E-state index contributed by atoms with van der Waals surface area (Å²) in [7, 11) is 0.128. The van der Waals surface area contributed by atoms with E-state index in [2.05, 4.69) is 10.3 Å². The number of rotatable bonds is 6. The van der Waals surface area contributed by atoms with Crippen LogP contribution in [0.5, 0.6) is 0 Å². The maximum Gasteiger partial charge on any atom is 0.257 e. The van der Waals surface area contributed by atoms with Crippen LogP contribution >= 0.6 is 0 Å². The molecule has 3 aromatic rings. The molecule has 5 rings (SSSR count). The molecular weight excluding hydrogens is 494 g/mol. The molecule has 0 bridgehead atoms. The summed E-state index contributed by atoms with van der Waals surface area (Å²) in [6.07, 6.45) is 0. The van der Waals surface area contributed by atoms with Gasteiger partial charge in [0, 0.05) is 60.6 Å². The molecule has 1 amide bonds. The quantitative estimate of drug-likeness (QED) is 0.505. The zero-order chi connectivity index (χ0) is 26.3. The first-order valence-corrected chi connectivity index (χ1v) is 13.7. The van der Waals surface area contributed by atoms with Crippen LogP contribution in [0.15, 0.2) is 52.2 Å². The maximum atomic E-state index is 13.6. The first-order valence-electron chi connectivity index (χ1n) is 12.2. The number of fused-ring (bicyclic) bond motifs is 1. The Morgan fingerprint density at radius 1 is 1.08 bits per heavy atom. The average Bonchev–Trinajstić information content (AvgIpc) is 2.83. The number of nitrogens with one attached hydrogen (secondary N) is 2. The maximum absolute atomic E-state index is 13.6. The fourth-order valence-electron chi connectivity index (χ4n) is 4.72. The van der Waals surface area contributed by atoms with Crippen molar-refractivity contribution in [3.8, 4) is 0 Å². The Hall–Kier alpha value is -3.25. The van der Waals surface area contributed by atoms with E-state index in [4.69, 9.17) is 4.74 Å². The van der Waals surface area contributed by atoms with Gasteiger partial charge in [0.25, 0.3) is 5.91 Å². The summed E-state index contributed by atoms with van der Waals surface area (Å²) < 4.78 is 33.6. The van der Waals surface area contributed by atoms with E-state index >= 15 is 0 Å². The largest absolute Gasteiger partial charge is 0.378 e. The van der Waals surface area contributed by atoms with Crippen molar-refractivity contribution in [1.29, 1.82) is 0 Å². The van der Waals surface area contributed by atoms with Gasteiger partial charge in [-0.2, -0.15) is 4.31 Å². The lowest BCUT2D eigenvalue weighted by Crippen LogP contribution is -2.59. The molecule has 0 aliphatic carbocycles. The van der Waals surface area contributed by atoms with Crippen molar-refractivity contribution in [2.75, 3.05) is 63.7 Å². The van der Waals surface area contributed by atoms with Crippen LogP contribution in [0.3, 0.4) is 0 Å².